The molecule has 0 saturated heterocycles. The zero-order valence-electron chi connectivity index (χ0n) is 15.7. The van der Waals surface area contributed by atoms with Crippen molar-refractivity contribution in [1.29, 1.82) is 0 Å². The summed E-state index contributed by atoms with van der Waals surface area (Å²) in [5, 5.41) is 3.29. The van der Waals surface area contributed by atoms with E-state index in [9.17, 15) is 4.79 Å². The standard InChI is InChI=1S/C21H33N3O/c1-15(2)20(22)21(25)23-18-10-6-7-11-19(18)24(17-12-13-17)14-16-8-4-3-5-9-16/h3-5,8-9,15,17-20H,6-7,10-14,22H2,1-2H3,(H,23,25)/t18-,19-,20+/m1/s1. The lowest BCUT2D eigenvalue weighted by Crippen LogP contribution is -2.57. The second-order valence-electron chi connectivity index (χ2n) is 8.13. The molecule has 1 aromatic carbocycles. The van der Waals surface area contributed by atoms with Gasteiger partial charge in [0.1, 0.15) is 0 Å². The molecule has 0 unspecified atom stereocenters. The third-order valence-corrected chi connectivity index (χ3v) is 5.73. The van der Waals surface area contributed by atoms with Gasteiger partial charge in [-0.3, -0.25) is 9.69 Å². The highest BCUT2D eigenvalue weighted by molar-refractivity contribution is 5.82. The Kier molecular flexibility index (Phi) is 6.13. The fraction of sp³-hybridized carbons (Fsp3) is 0.667. The summed E-state index contributed by atoms with van der Waals surface area (Å²) in [6.45, 7) is 5.00. The summed E-state index contributed by atoms with van der Waals surface area (Å²) in [6.07, 6.45) is 7.27. The van der Waals surface area contributed by atoms with Crippen molar-refractivity contribution in [3.63, 3.8) is 0 Å². The van der Waals surface area contributed by atoms with Gasteiger partial charge in [0.2, 0.25) is 5.91 Å². The number of nitrogens with one attached hydrogen (secondary N) is 1. The Bertz CT molecular complexity index is 556. The summed E-state index contributed by atoms with van der Waals surface area (Å²) in [5.74, 6) is 0.188. The Labute approximate surface area is 152 Å². The monoisotopic (exact) mass is 343 g/mol. The van der Waals surface area contributed by atoms with Crippen LogP contribution in [-0.2, 0) is 11.3 Å². The fourth-order valence-electron chi connectivity index (χ4n) is 3.98. The lowest BCUT2D eigenvalue weighted by atomic mass is 9.88. The van der Waals surface area contributed by atoms with E-state index in [1.807, 2.05) is 13.8 Å². The minimum absolute atomic E-state index is 0.0161. The van der Waals surface area contributed by atoms with Crippen molar-refractivity contribution in [2.24, 2.45) is 11.7 Å². The van der Waals surface area contributed by atoms with Gasteiger partial charge in [0, 0.05) is 24.7 Å². The van der Waals surface area contributed by atoms with Gasteiger partial charge in [0.25, 0.3) is 0 Å². The first-order chi connectivity index (χ1) is 12.1. The van der Waals surface area contributed by atoms with Gasteiger partial charge in [-0.1, -0.05) is 57.0 Å². The number of benzene rings is 1. The van der Waals surface area contributed by atoms with Crippen LogP contribution in [0.1, 0.15) is 57.9 Å². The van der Waals surface area contributed by atoms with Gasteiger partial charge in [-0.25, -0.2) is 0 Å². The second-order valence-corrected chi connectivity index (χ2v) is 8.13. The van der Waals surface area contributed by atoms with Crippen molar-refractivity contribution in [2.45, 2.75) is 83.1 Å². The molecule has 1 amide bonds. The first-order valence-corrected chi connectivity index (χ1v) is 9.92. The van der Waals surface area contributed by atoms with E-state index < -0.39 is 6.04 Å². The smallest absolute Gasteiger partial charge is 0.237 e. The molecule has 0 heterocycles. The highest BCUT2D eigenvalue weighted by Crippen LogP contribution is 2.35. The maximum Gasteiger partial charge on any atom is 0.237 e. The van der Waals surface area contributed by atoms with E-state index in [1.165, 1.54) is 37.7 Å². The second kappa shape index (κ2) is 8.33. The molecule has 0 aromatic heterocycles. The largest absolute Gasteiger partial charge is 0.350 e. The minimum atomic E-state index is -0.411. The van der Waals surface area contributed by atoms with Crippen molar-refractivity contribution in [3.8, 4) is 0 Å². The van der Waals surface area contributed by atoms with E-state index in [0.717, 1.165) is 13.0 Å². The van der Waals surface area contributed by atoms with Crippen LogP contribution in [0.15, 0.2) is 30.3 Å². The van der Waals surface area contributed by atoms with Crippen LogP contribution < -0.4 is 11.1 Å². The van der Waals surface area contributed by atoms with Crippen LogP contribution in [0.4, 0.5) is 0 Å². The number of nitrogens with two attached hydrogens (primary N) is 1. The number of hydrogen-bond acceptors (Lipinski definition) is 3. The quantitative estimate of drug-likeness (QED) is 0.800. The van der Waals surface area contributed by atoms with Gasteiger partial charge in [-0.05, 0) is 37.2 Å². The molecule has 1 aromatic rings. The molecule has 2 saturated carbocycles. The summed E-state index contributed by atoms with van der Waals surface area (Å²) in [7, 11) is 0. The molecule has 0 radical (unpaired) electrons. The molecule has 25 heavy (non-hydrogen) atoms. The Morgan fingerprint density at radius 1 is 1.16 bits per heavy atom. The normalized spacial score (nSPS) is 25.2. The van der Waals surface area contributed by atoms with E-state index in [2.05, 4.69) is 40.5 Å². The molecule has 3 atom stereocenters. The molecular formula is C21H33N3O. The highest BCUT2D eigenvalue weighted by atomic mass is 16.2. The molecule has 3 rings (SSSR count). The van der Waals surface area contributed by atoms with Crippen LogP contribution in [0.2, 0.25) is 0 Å². The maximum absolute atomic E-state index is 12.5. The van der Waals surface area contributed by atoms with Gasteiger partial charge in [0.05, 0.1) is 6.04 Å². The first-order valence-electron chi connectivity index (χ1n) is 9.92. The SMILES string of the molecule is CC(C)[C@H](N)C(=O)N[C@@H]1CCCC[C@H]1N(Cc1ccccc1)C1CC1. The number of carbonyl (C=O) groups excluding carboxylic acids is 1. The first kappa shape index (κ1) is 18.4. The maximum atomic E-state index is 12.5. The number of carbonyl (C=O) groups is 1. The third-order valence-electron chi connectivity index (χ3n) is 5.73. The molecule has 4 nitrogen and oxygen atoms in total. The molecule has 0 bridgehead atoms. The van der Waals surface area contributed by atoms with Crippen LogP contribution >= 0.6 is 0 Å². The van der Waals surface area contributed by atoms with E-state index in [-0.39, 0.29) is 17.9 Å². The predicted octanol–water partition coefficient (Wildman–Crippen LogP) is 3.06. The van der Waals surface area contributed by atoms with Crippen LogP contribution in [-0.4, -0.2) is 35.0 Å². The van der Waals surface area contributed by atoms with Gasteiger partial charge in [0.15, 0.2) is 0 Å². The lowest BCUT2D eigenvalue weighted by Gasteiger charge is -2.41. The zero-order chi connectivity index (χ0) is 17.8. The topological polar surface area (TPSA) is 58.4 Å². The van der Waals surface area contributed by atoms with Crippen molar-refractivity contribution in [1.82, 2.24) is 10.2 Å². The van der Waals surface area contributed by atoms with Crippen LogP contribution in [0.3, 0.4) is 0 Å². The molecule has 3 N–H and O–H groups in total. The Morgan fingerprint density at radius 2 is 1.84 bits per heavy atom. The van der Waals surface area contributed by atoms with Crippen LogP contribution in [0.25, 0.3) is 0 Å². The average molecular weight is 344 g/mol. The van der Waals surface area contributed by atoms with Crippen molar-refractivity contribution >= 4 is 5.91 Å². The molecule has 2 aliphatic carbocycles. The molecule has 2 aliphatic rings. The fourth-order valence-corrected chi connectivity index (χ4v) is 3.98. The van der Waals surface area contributed by atoms with Crippen LogP contribution in [0.5, 0.6) is 0 Å². The number of rotatable bonds is 7. The van der Waals surface area contributed by atoms with E-state index in [0.29, 0.717) is 12.1 Å². The lowest BCUT2D eigenvalue weighted by molar-refractivity contribution is -0.124. The van der Waals surface area contributed by atoms with Gasteiger partial charge in [-0.2, -0.15) is 0 Å². The Hall–Kier alpha value is -1.39. The van der Waals surface area contributed by atoms with E-state index in [4.69, 9.17) is 5.73 Å². The van der Waals surface area contributed by atoms with Crippen molar-refractivity contribution in [3.05, 3.63) is 35.9 Å². The van der Waals surface area contributed by atoms with Gasteiger partial charge < -0.3 is 11.1 Å². The zero-order valence-corrected chi connectivity index (χ0v) is 15.7. The third kappa shape index (κ3) is 4.83. The van der Waals surface area contributed by atoms with E-state index >= 15 is 0 Å². The molecule has 0 aliphatic heterocycles. The molecule has 2 fully saturated rings. The van der Waals surface area contributed by atoms with Crippen LogP contribution in [0, 0.1) is 5.92 Å². The molecule has 4 heteroatoms. The minimum Gasteiger partial charge on any atom is -0.350 e. The van der Waals surface area contributed by atoms with Crippen molar-refractivity contribution < 1.29 is 4.79 Å². The summed E-state index contributed by atoms with van der Waals surface area (Å²) in [6, 6.07) is 11.7. The molecule has 138 valence electrons. The highest BCUT2D eigenvalue weighted by Gasteiger charge is 2.39. The summed E-state index contributed by atoms with van der Waals surface area (Å²) in [4.78, 5) is 15.2. The predicted molar refractivity (Wildman–Crippen MR) is 102 cm³/mol. The average Bonchev–Trinajstić information content (AvgIpc) is 3.45. The summed E-state index contributed by atoms with van der Waals surface area (Å²) >= 11 is 0. The van der Waals surface area contributed by atoms with Crippen molar-refractivity contribution in [2.75, 3.05) is 0 Å². The molecular weight excluding hydrogens is 310 g/mol. The summed E-state index contributed by atoms with van der Waals surface area (Å²) < 4.78 is 0. The Balaban J connectivity index is 1.70. The summed E-state index contributed by atoms with van der Waals surface area (Å²) in [5.41, 5.74) is 7.43. The van der Waals surface area contributed by atoms with Gasteiger partial charge in [-0.15, -0.1) is 0 Å². The van der Waals surface area contributed by atoms with Gasteiger partial charge >= 0.3 is 0 Å². The number of nitrogens with zero attached hydrogens (tertiary/aromatic N) is 1. The number of amides is 1. The van der Waals surface area contributed by atoms with E-state index in [1.54, 1.807) is 0 Å². The molecule has 0 spiro atoms. The number of hydrogen-bond donors (Lipinski definition) is 2. The Morgan fingerprint density at radius 3 is 2.48 bits per heavy atom.